The largest absolute Gasteiger partial charge is 0.472 e. The molecule has 13 atom stereocenters. The molecule has 1 aliphatic carbocycles. The van der Waals surface area contributed by atoms with Gasteiger partial charge in [0.1, 0.15) is 31.0 Å². The number of ether oxygens (including phenoxy) is 2. The van der Waals surface area contributed by atoms with Gasteiger partial charge in [-0.05, 0) is 57.8 Å². The first-order chi connectivity index (χ1) is 30.6. The van der Waals surface area contributed by atoms with Crippen LogP contribution in [-0.2, 0) is 32.7 Å². The quantitative estimate of drug-likeness (QED) is 0.0314. The predicted molar refractivity (Wildman–Crippen MR) is 241 cm³/mol. The fraction of sp³-hybridized carbons (Fsp3) is 0.702. The molecule has 2 bridgehead atoms. The van der Waals surface area contributed by atoms with E-state index in [1.165, 1.54) is 24.3 Å². The Kier molecular flexibility index (Phi) is 29.3. The first kappa shape index (κ1) is 57.3. The van der Waals surface area contributed by atoms with E-state index in [9.17, 15) is 59.9 Å². The Morgan fingerprint density at radius 3 is 2.09 bits per heavy atom. The van der Waals surface area contributed by atoms with Crippen LogP contribution < -0.4 is 0 Å². The number of aliphatic hydroxyl groups is 8. The molecular formula is C47H77O16P. The van der Waals surface area contributed by atoms with Gasteiger partial charge in [-0.1, -0.05) is 119 Å². The summed E-state index contributed by atoms with van der Waals surface area (Å²) in [5.74, 6) is -4.31. The van der Waals surface area contributed by atoms with Crippen molar-refractivity contribution in [3.8, 4) is 0 Å². The van der Waals surface area contributed by atoms with Gasteiger partial charge >= 0.3 is 19.8 Å². The van der Waals surface area contributed by atoms with Crippen molar-refractivity contribution in [2.75, 3.05) is 13.2 Å². The minimum Gasteiger partial charge on any atom is -0.461 e. The topological polar surface area (TPSA) is 270 Å². The molecule has 366 valence electrons. The zero-order chi connectivity index (χ0) is 47.3. The van der Waals surface area contributed by atoms with Gasteiger partial charge in [-0.2, -0.15) is 0 Å². The molecule has 1 heterocycles. The molecule has 0 amide bonds. The monoisotopic (exact) mass is 928 g/mol. The zero-order valence-electron chi connectivity index (χ0n) is 37.6. The number of hydrogen-bond acceptors (Lipinski definition) is 15. The van der Waals surface area contributed by atoms with Crippen molar-refractivity contribution in [1.29, 1.82) is 0 Å². The standard InChI is InChI=1S/C47H77O16P/c1-3-5-7-8-9-10-11-12-13-14-15-16-17-18-19-20-22-28-41(52)62-35-32-60-40(51)27-24-23-26-36-38(49)31-39(50)37(30-29-34(48)25-21-6-4-2)43(54)45(56)47(46(57)44(55)42(36)53)63-64(58,59)61-33-35/h5,7,9-10,12-13,15-16,23-24,29-30,34-39,42-50,53-57H,3-4,6,8,11,14,17-22,25-28,31-33H2,1-2H3,(H,58,59)/b7-5-,10-9-,13-12-,16-15-,24-23-,30-29+/t34-,35-,36-,37+,38+,39-,42-,43-,44+,45-,46-,47-/m1/s1. The summed E-state index contributed by atoms with van der Waals surface area (Å²) in [5, 5.41) is 89.6. The second-order valence-corrected chi connectivity index (χ2v) is 17.9. The second-order valence-electron chi connectivity index (χ2n) is 16.5. The third-order valence-electron chi connectivity index (χ3n) is 11.1. The lowest BCUT2D eigenvalue weighted by Gasteiger charge is -2.37. The summed E-state index contributed by atoms with van der Waals surface area (Å²) in [4.78, 5) is 36.4. The van der Waals surface area contributed by atoms with E-state index in [1.807, 2.05) is 6.92 Å². The smallest absolute Gasteiger partial charge is 0.461 e. The Labute approximate surface area is 379 Å². The van der Waals surface area contributed by atoms with Gasteiger partial charge in [0, 0.05) is 24.7 Å². The molecule has 9 N–H and O–H groups in total. The van der Waals surface area contributed by atoms with Gasteiger partial charge in [0.25, 0.3) is 0 Å². The number of allylic oxidation sites excluding steroid dienone is 9. The number of aliphatic hydroxyl groups excluding tert-OH is 8. The fourth-order valence-corrected chi connectivity index (χ4v) is 8.28. The minimum absolute atomic E-state index is 0.00669. The number of fused-ring (bicyclic) bond motifs is 4. The van der Waals surface area contributed by atoms with Gasteiger partial charge in [0.05, 0.1) is 43.5 Å². The van der Waals surface area contributed by atoms with Crippen LogP contribution in [0.1, 0.15) is 123 Å². The maximum Gasteiger partial charge on any atom is 0.472 e. The molecule has 0 saturated heterocycles. The first-order valence-electron chi connectivity index (χ1n) is 23.0. The molecule has 64 heavy (non-hydrogen) atoms. The number of carbonyl (C=O) groups is 2. The number of cyclic esters (lactones) is 1. The molecule has 1 aliphatic heterocycles. The molecular weight excluding hydrogens is 851 g/mol. The molecule has 16 nitrogen and oxygen atoms in total. The zero-order valence-corrected chi connectivity index (χ0v) is 38.5. The number of esters is 2. The van der Waals surface area contributed by atoms with Crippen LogP contribution in [0.2, 0.25) is 0 Å². The van der Waals surface area contributed by atoms with Gasteiger partial charge in [-0.15, -0.1) is 0 Å². The molecule has 1 fully saturated rings. The van der Waals surface area contributed by atoms with E-state index < -0.39 is 112 Å². The van der Waals surface area contributed by atoms with E-state index >= 15 is 0 Å². The number of phosphoric acid groups is 1. The van der Waals surface area contributed by atoms with Crippen LogP contribution in [0.15, 0.2) is 72.9 Å². The fourth-order valence-electron chi connectivity index (χ4n) is 7.31. The Morgan fingerprint density at radius 1 is 0.781 bits per heavy atom. The number of hydrogen-bond donors (Lipinski definition) is 9. The SMILES string of the molecule is CC/C=C\C/C=C\C/C=C\C/C=C\CCCCCCC(=O)O[C@@H]1COC(=O)C/C=C\C[C@H]2[C@@H](O)[C@H](O)[C@@H](O)[C@H](OP(=O)(O)OC1)[C@H](O)[C@H](O)[C@@H](/C=C/[C@H](O)CCCCC)[C@H](O)C[C@@H]2O. The Bertz CT molecular complexity index is 1530. The van der Waals surface area contributed by atoms with Crippen LogP contribution in [0, 0.1) is 11.8 Å². The summed E-state index contributed by atoms with van der Waals surface area (Å²) in [7, 11) is -5.44. The van der Waals surface area contributed by atoms with E-state index in [4.69, 9.17) is 18.5 Å². The average molecular weight is 929 g/mol. The van der Waals surface area contributed by atoms with E-state index in [2.05, 4.69) is 55.5 Å². The first-order valence-corrected chi connectivity index (χ1v) is 24.5. The van der Waals surface area contributed by atoms with Crippen molar-refractivity contribution in [1.82, 2.24) is 0 Å². The molecule has 1 unspecified atom stereocenters. The summed E-state index contributed by atoms with van der Waals surface area (Å²) in [6, 6.07) is 0. The highest BCUT2D eigenvalue weighted by molar-refractivity contribution is 7.47. The lowest BCUT2D eigenvalue weighted by atomic mass is 9.83. The average Bonchev–Trinajstić information content (AvgIpc) is 3.26. The summed E-state index contributed by atoms with van der Waals surface area (Å²) in [6.45, 7) is 2.63. The summed E-state index contributed by atoms with van der Waals surface area (Å²) >= 11 is 0. The number of phosphoric ester groups is 1. The van der Waals surface area contributed by atoms with Gasteiger partial charge in [-0.3, -0.25) is 18.6 Å². The van der Waals surface area contributed by atoms with Gasteiger partial charge in [0.2, 0.25) is 0 Å². The molecule has 17 heteroatoms. The Balaban J connectivity index is 2.15. The van der Waals surface area contributed by atoms with Crippen LogP contribution in [-0.4, -0.2) is 132 Å². The molecule has 0 spiro atoms. The number of rotatable bonds is 21. The number of carbonyl (C=O) groups excluding carboxylic acids is 2. The predicted octanol–water partition coefficient (Wildman–Crippen LogP) is 5.10. The normalized spacial score (nSPS) is 33.0. The lowest BCUT2D eigenvalue weighted by Crippen LogP contribution is -2.55. The van der Waals surface area contributed by atoms with Crippen LogP contribution in [0.25, 0.3) is 0 Å². The Morgan fingerprint density at radius 2 is 1.42 bits per heavy atom. The molecule has 0 aromatic rings. The number of unbranched alkanes of at least 4 members (excludes halogenated alkanes) is 6. The van der Waals surface area contributed by atoms with E-state index in [-0.39, 0.29) is 19.3 Å². The molecule has 2 aliphatic rings. The third-order valence-corrected chi connectivity index (χ3v) is 12.1. The Hall–Kier alpha value is -2.83. The van der Waals surface area contributed by atoms with E-state index in [0.717, 1.165) is 64.2 Å². The molecule has 0 aromatic carbocycles. The summed E-state index contributed by atoms with van der Waals surface area (Å²) in [6.07, 6.45) is 12.4. The minimum atomic E-state index is -5.44. The van der Waals surface area contributed by atoms with Crippen LogP contribution in [0.4, 0.5) is 0 Å². The van der Waals surface area contributed by atoms with Crippen LogP contribution in [0.5, 0.6) is 0 Å². The highest BCUT2D eigenvalue weighted by Crippen LogP contribution is 2.47. The van der Waals surface area contributed by atoms with Gasteiger partial charge in [0.15, 0.2) is 6.10 Å². The summed E-state index contributed by atoms with van der Waals surface area (Å²) < 4.78 is 34.4. The van der Waals surface area contributed by atoms with Crippen molar-refractivity contribution in [3.63, 3.8) is 0 Å². The summed E-state index contributed by atoms with van der Waals surface area (Å²) in [5.41, 5.74) is 0. The van der Waals surface area contributed by atoms with Crippen molar-refractivity contribution in [2.24, 2.45) is 11.8 Å². The lowest BCUT2D eigenvalue weighted by molar-refractivity contribution is -0.167. The third kappa shape index (κ3) is 23.1. The van der Waals surface area contributed by atoms with Gasteiger partial charge < -0.3 is 55.2 Å². The molecule has 0 radical (unpaired) electrons. The maximum atomic E-state index is 13.4. The highest BCUT2D eigenvalue weighted by Gasteiger charge is 2.49. The molecule has 0 aromatic heterocycles. The molecule has 1 saturated carbocycles. The van der Waals surface area contributed by atoms with E-state index in [0.29, 0.717) is 19.3 Å². The van der Waals surface area contributed by atoms with Crippen molar-refractivity contribution >= 4 is 19.8 Å². The van der Waals surface area contributed by atoms with Crippen LogP contribution >= 0.6 is 7.82 Å². The van der Waals surface area contributed by atoms with Crippen molar-refractivity contribution in [3.05, 3.63) is 72.9 Å². The van der Waals surface area contributed by atoms with Crippen molar-refractivity contribution in [2.45, 2.75) is 184 Å². The van der Waals surface area contributed by atoms with Crippen molar-refractivity contribution < 1.29 is 78.4 Å². The highest BCUT2D eigenvalue weighted by atomic mass is 31.2. The maximum absolute atomic E-state index is 13.4. The van der Waals surface area contributed by atoms with Gasteiger partial charge in [-0.25, -0.2) is 4.57 Å². The molecule has 2 rings (SSSR count). The second kappa shape index (κ2) is 32.8. The van der Waals surface area contributed by atoms with Crippen LogP contribution in [0.3, 0.4) is 0 Å². The van der Waals surface area contributed by atoms with E-state index in [1.54, 1.807) is 0 Å².